The fourth-order valence-electron chi connectivity index (χ4n) is 5.91. The number of ketones is 1. The molecular weight excluding hydrogens is 298 g/mol. The van der Waals surface area contributed by atoms with E-state index in [4.69, 9.17) is 5.26 Å². The quantitative estimate of drug-likeness (QED) is 0.780. The third kappa shape index (κ3) is 3.31. The molecule has 1 N–H and O–H groups in total. The minimum absolute atomic E-state index is 0.0760. The summed E-state index contributed by atoms with van der Waals surface area (Å²) in [5.74, 6) is 2.69. The van der Waals surface area contributed by atoms with E-state index in [9.17, 15) is 9.90 Å². The molecule has 0 aromatic carbocycles. The lowest BCUT2D eigenvalue weighted by Crippen LogP contribution is -2.38. The van der Waals surface area contributed by atoms with E-state index in [0.29, 0.717) is 35.9 Å². The lowest BCUT2D eigenvalue weighted by atomic mass is 9.61. The van der Waals surface area contributed by atoms with Crippen LogP contribution in [0.1, 0.15) is 71.6 Å². The summed E-state index contributed by atoms with van der Waals surface area (Å²) in [6.07, 6.45) is 10.3. The highest BCUT2D eigenvalue weighted by Crippen LogP contribution is 2.57. The van der Waals surface area contributed by atoms with Crippen LogP contribution < -0.4 is 0 Å². The van der Waals surface area contributed by atoms with Crippen molar-refractivity contribution in [3.8, 4) is 6.07 Å². The van der Waals surface area contributed by atoms with E-state index in [1.807, 2.05) is 0 Å². The van der Waals surface area contributed by atoms with Crippen molar-refractivity contribution in [3.05, 3.63) is 11.6 Å². The smallest absolute Gasteiger partial charge is 0.134 e. The number of nitriles is 1. The molecule has 0 aromatic heterocycles. The van der Waals surface area contributed by atoms with E-state index in [1.54, 1.807) is 6.08 Å². The first kappa shape index (κ1) is 17.7. The molecule has 3 aliphatic carbocycles. The maximum Gasteiger partial charge on any atom is 0.134 e. The average Bonchev–Trinajstić information content (AvgIpc) is 2.85. The van der Waals surface area contributed by atoms with Gasteiger partial charge in [0.05, 0.1) is 12.2 Å². The standard InChI is InChI=1S/C21H31NO2/c1-14-3-7-18(23)11-15(14)4-5-16-12-19(24)13-21(2)17(9-10-22)6-8-20(16)21/h9,14-16,18,20,23H,3-8,11-13H2,1-2H3. The van der Waals surface area contributed by atoms with Gasteiger partial charge in [-0.3, -0.25) is 4.79 Å². The van der Waals surface area contributed by atoms with Gasteiger partial charge in [0.2, 0.25) is 0 Å². The van der Waals surface area contributed by atoms with Crippen molar-refractivity contribution in [2.75, 3.05) is 0 Å². The molecule has 0 amide bonds. The van der Waals surface area contributed by atoms with Crippen molar-refractivity contribution in [1.29, 1.82) is 5.26 Å². The van der Waals surface area contributed by atoms with Crippen LogP contribution in [-0.2, 0) is 4.79 Å². The van der Waals surface area contributed by atoms with E-state index in [1.165, 1.54) is 5.57 Å². The Morgan fingerprint density at radius 3 is 2.79 bits per heavy atom. The third-order valence-corrected chi connectivity index (χ3v) is 7.38. The van der Waals surface area contributed by atoms with Gasteiger partial charge in [0, 0.05) is 18.9 Å². The van der Waals surface area contributed by atoms with Gasteiger partial charge in [0.25, 0.3) is 0 Å². The molecule has 3 heteroatoms. The first-order chi connectivity index (χ1) is 11.4. The van der Waals surface area contributed by atoms with Gasteiger partial charge in [-0.1, -0.05) is 19.4 Å². The van der Waals surface area contributed by atoms with Crippen molar-refractivity contribution < 1.29 is 9.90 Å². The number of nitrogens with zero attached hydrogens (tertiary/aromatic N) is 1. The normalized spacial score (nSPS) is 44.3. The molecule has 0 aliphatic heterocycles. The minimum atomic E-state index is -0.124. The number of aliphatic hydroxyl groups excluding tert-OH is 1. The Balaban J connectivity index is 1.68. The zero-order valence-electron chi connectivity index (χ0n) is 15.1. The highest BCUT2D eigenvalue weighted by atomic mass is 16.3. The molecule has 3 rings (SSSR count). The number of aliphatic hydroxyl groups is 1. The Hall–Kier alpha value is -1.14. The van der Waals surface area contributed by atoms with E-state index in [-0.39, 0.29) is 11.5 Å². The highest BCUT2D eigenvalue weighted by molar-refractivity contribution is 5.81. The van der Waals surface area contributed by atoms with Gasteiger partial charge < -0.3 is 5.11 Å². The molecule has 3 nitrogen and oxygen atoms in total. The van der Waals surface area contributed by atoms with E-state index in [2.05, 4.69) is 19.9 Å². The summed E-state index contributed by atoms with van der Waals surface area (Å²) < 4.78 is 0. The largest absolute Gasteiger partial charge is 0.393 e. The molecule has 0 radical (unpaired) electrons. The molecule has 6 atom stereocenters. The molecule has 0 bridgehead atoms. The zero-order chi connectivity index (χ0) is 17.3. The van der Waals surface area contributed by atoms with Gasteiger partial charge in [-0.25, -0.2) is 0 Å². The lowest BCUT2D eigenvalue weighted by molar-refractivity contribution is -0.126. The van der Waals surface area contributed by atoms with E-state index in [0.717, 1.165) is 51.4 Å². The molecule has 0 heterocycles. The first-order valence-corrected chi connectivity index (χ1v) is 9.73. The Morgan fingerprint density at radius 1 is 1.29 bits per heavy atom. The van der Waals surface area contributed by atoms with Crippen molar-refractivity contribution in [3.63, 3.8) is 0 Å². The number of allylic oxidation sites excluding steroid dienone is 2. The van der Waals surface area contributed by atoms with Crippen molar-refractivity contribution in [2.24, 2.45) is 29.1 Å². The molecular formula is C21H31NO2. The second-order valence-electron chi connectivity index (χ2n) is 8.82. The number of fused-ring (bicyclic) bond motifs is 1. The van der Waals surface area contributed by atoms with Gasteiger partial charge in [0.1, 0.15) is 5.78 Å². The Bertz CT molecular complexity index is 561. The van der Waals surface area contributed by atoms with Crippen molar-refractivity contribution >= 4 is 5.78 Å². The molecule has 0 aromatic rings. The van der Waals surface area contributed by atoms with Gasteiger partial charge in [-0.15, -0.1) is 0 Å². The topological polar surface area (TPSA) is 61.1 Å². The summed E-state index contributed by atoms with van der Waals surface area (Å²) in [6, 6.07) is 2.19. The van der Waals surface area contributed by atoms with Crippen LogP contribution in [0.3, 0.4) is 0 Å². The van der Waals surface area contributed by atoms with Crippen LogP contribution >= 0.6 is 0 Å². The lowest BCUT2D eigenvalue weighted by Gasteiger charge is -2.43. The summed E-state index contributed by atoms with van der Waals surface area (Å²) in [4.78, 5) is 12.4. The molecule has 3 aliphatic rings. The van der Waals surface area contributed by atoms with Gasteiger partial charge >= 0.3 is 0 Å². The van der Waals surface area contributed by atoms with Crippen LogP contribution in [0.5, 0.6) is 0 Å². The third-order valence-electron chi connectivity index (χ3n) is 7.38. The maximum atomic E-state index is 12.4. The molecule has 24 heavy (non-hydrogen) atoms. The van der Waals surface area contributed by atoms with Crippen LogP contribution in [0, 0.1) is 40.4 Å². The number of carbonyl (C=O) groups excluding carboxylic acids is 1. The summed E-state index contributed by atoms with van der Waals surface area (Å²) >= 11 is 0. The number of Topliss-reactive ketones (excluding diaryl/α,β-unsaturated/α-hetero) is 1. The van der Waals surface area contributed by atoms with Crippen LogP contribution in [0.25, 0.3) is 0 Å². The summed E-state index contributed by atoms with van der Waals surface area (Å²) in [6.45, 7) is 4.53. The van der Waals surface area contributed by atoms with Gasteiger partial charge in [-0.2, -0.15) is 5.26 Å². The predicted molar refractivity (Wildman–Crippen MR) is 94.0 cm³/mol. The fourth-order valence-corrected chi connectivity index (χ4v) is 5.91. The molecule has 0 spiro atoms. The summed E-state index contributed by atoms with van der Waals surface area (Å²) in [5, 5.41) is 19.0. The van der Waals surface area contributed by atoms with E-state index >= 15 is 0 Å². The molecule has 3 fully saturated rings. The molecule has 132 valence electrons. The van der Waals surface area contributed by atoms with Crippen LogP contribution in [0.2, 0.25) is 0 Å². The first-order valence-electron chi connectivity index (χ1n) is 9.73. The number of carbonyl (C=O) groups is 1. The predicted octanol–water partition coefficient (Wildman–Crippen LogP) is 4.41. The summed E-state index contributed by atoms with van der Waals surface area (Å²) in [7, 11) is 0. The highest BCUT2D eigenvalue weighted by Gasteiger charge is 2.50. The minimum Gasteiger partial charge on any atom is -0.393 e. The zero-order valence-corrected chi connectivity index (χ0v) is 15.1. The fraction of sp³-hybridized carbons (Fsp3) is 0.810. The van der Waals surface area contributed by atoms with E-state index < -0.39 is 0 Å². The second kappa shape index (κ2) is 7.00. The Morgan fingerprint density at radius 2 is 2.04 bits per heavy atom. The molecule has 3 saturated carbocycles. The monoisotopic (exact) mass is 329 g/mol. The summed E-state index contributed by atoms with van der Waals surface area (Å²) in [5.41, 5.74) is 1.13. The van der Waals surface area contributed by atoms with Crippen LogP contribution in [-0.4, -0.2) is 17.0 Å². The second-order valence-corrected chi connectivity index (χ2v) is 8.82. The Labute approximate surface area is 146 Å². The van der Waals surface area contributed by atoms with Crippen LogP contribution in [0.4, 0.5) is 0 Å². The number of hydrogen-bond acceptors (Lipinski definition) is 3. The van der Waals surface area contributed by atoms with Crippen LogP contribution in [0.15, 0.2) is 11.6 Å². The Kier molecular flexibility index (Phi) is 5.16. The van der Waals surface area contributed by atoms with Crippen molar-refractivity contribution in [1.82, 2.24) is 0 Å². The number of rotatable bonds is 3. The molecule has 0 saturated heterocycles. The number of hydrogen-bond donors (Lipinski definition) is 1. The molecule has 6 unspecified atom stereocenters. The van der Waals surface area contributed by atoms with Gasteiger partial charge in [0.15, 0.2) is 0 Å². The SMILES string of the molecule is CC1CCC(O)CC1CCC1CC(=O)CC2(C)C(=CC#N)CCC12. The van der Waals surface area contributed by atoms with Gasteiger partial charge in [-0.05, 0) is 74.0 Å². The maximum absolute atomic E-state index is 12.4. The van der Waals surface area contributed by atoms with Crippen molar-refractivity contribution in [2.45, 2.75) is 77.7 Å². The average molecular weight is 329 g/mol.